The summed E-state index contributed by atoms with van der Waals surface area (Å²) in [5, 5.41) is 12.6. The molecule has 1 amide bonds. The molecule has 2 N–H and O–H groups in total. The first-order valence-corrected chi connectivity index (χ1v) is 8.17. The van der Waals surface area contributed by atoms with Gasteiger partial charge in [-0.3, -0.25) is 0 Å². The SMILES string of the molecule is CC(C)(C)OC(=O)N1CCC[C@@H](Nc2cc(Cl)ncc2C(=O)O)C1. The zero-order chi connectivity index (χ0) is 17.9. The molecule has 0 aromatic carbocycles. The highest BCUT2D eigenvalue weighted by Gasteiger charge is 2.28. The second-order valence-electron chi connectivity index (χ2n) is 6.77. The third-order valence-corrected chi connectivity index (χ3v) is 3.74. The van der Waals surface area contributed by atoms with E-state index in [-0.39, 0.29) is 22.9 Å². The van der Waals surface area contributed by atoms with Crippen LogP contribution in [0.3, 0.4) is 0 Å². The van der Waals surface area contributed by atoms with E-state index in [9.17, 15) is 14.7 Å². The Hall–Kier alpha value is -2.02. The van der Waals surface area contributed by atoms with Gasteiger partial charge in [0.05, 0.1) is 5.69 Å². The molecule has 1 atom stereocenters. The van der Waals surface area contributed by atoms with Crippen LogP contribution in [0.25, 0.3) is 0 Å². The number of hydrogen-bond donors (Lipinski definition) is 2. The van der Waals surface area contributed by atoms with Gasteiger partial charge in [0.1, 0.15) is 16.3 Å². The number of halogens is 1. The molecule has 0 bridgehead atoms. The van der Waals surface area contributed by atoms with Gasteiger partial charge in [-0.15, -0.1) is 0 Å². The number of ether oxygens (including phenoxy) is 1. The molecule has 1 fully saturated rings. The van der Waals surface area contributed by atoms with Crippen LogP contribution < -0.4 is 5.32 Å². The van der Waals surface area contributed by atoms with Gasteiger partial charge in [-0.2, -0.15) is 0 Å². The van der Waals surface area contributed by atoms with Crippen molar-refractivity contribution >= 4 is 29.4 Å². The molecular weight excluding hydrogens is 334 g/mol. The molecule has 2 rings (SSSR count). The quantitative estimate of drug-likeness (QED) is 0.809. The van der Waals surface area contributed by atoms with Gasteiger partial charge in [-0.05, 0) is 39.7 Å². The highest BCUT2D eigenvalue weighted by Crippen LogP contribution is 2.23. The molecule has 1 aromatic rings. The molecule has 0 spiro atoms. The van der Waals surface area contributed by atoms with Crippen molar-refractivity contribution in [2.75, 3.05) is 18.4 Å². The molecule has 132 valence electrons. The topological polar surface area (TPSA) is 91.8 Å². The first-order chi connectivity index (χ1) is 11.2. The minimum absolute atomic E-state index is 0.0498. The maximum absolute atomic E-state index is 12.2. The van der Waals surface area contributed by atoms with Crippen molar-refractivity contribution in [2.45, 2.75) is 45.3 Å². The number of nitrogens with one attached hydrogen (secondary N) is 1. The molecule has 1 aromatic heterocycles. The number of carbonyl (C=O) groups is 2. The van der Waals surface area contributed by atoms with Crippen LogP contribution in [0.5, 0.6) is 0 Å². The van der Waals surface area contributed by atoms with Crippen molar-refractivity contribution in [3.63, 3.8) is 0 Å². The van der Waals surface area contributed by atoms with Crippen LogP contribution in [-0.4, -0.2) is 51.8 Å². The van der Waals surface area contributed by atoms with Crippen LogP contribution in [0.2, 0.25) is 5.15 Å². The molecule has 24 heavy (non-hydrogen) atoms. The average molecular weight is 356 g/mol. The fourth-order valence-corrected chi connectivity index (χ4v) is 2.68. The van der Waals surface area contributed by atoms with E-state index in [4.69, 9.17) is 16.3 Å². The number of nitrogens with zero attached hydrogens (tertiary/aromatic N) is 2. The van der Waals surface area contributed by atoms with Crippen molar-refractivity contribution in [1.82, 2.24) is 9.88 Å². The second kappa shape index (κ2) is 7.25. The third kappa shape index (κ3) is 4.99. The number of rotatable bonds is 3. The number of carboxylic acids is 1. The monoisotopic (exact) mass is 355 g/mol. The Labute approximate surface area is 146 Å². The summed E-state index contributed by atoms with van der Waals surface area (Å²) in [6.45, 7) is 6.53. The van der Waals surface area contributed by atoms with Crippen molar-refractivity contribution < 1.29 is 19.4 Å². The minimum Gasteiger partial charge on any atom is -0.478 e. The molecule has 2 heterocycles. The zero-order valence-electron chi connectivity index (χ0n) is 14.0. The smallest absolute Gasteiger partial charge is 0.410 e. The molecule has 0 aliphatic carbocycles. The number of likely N-dealkylation sites (tertiary alicyclic amines) is 1. The number of aromatic carboxylic acids is 1. The first-order valence-electron chi connectivity index (χ1n) is 7.79. The van der Waals surface area contributed by atoms with Crippen LogP contribution in [-0.2, 0) is 4.74 Å². The predicted octanol–water partition coefficient (Wildman–Crippen LogP) is 3.24. The van der Waals surface area contributed by atoms with Crippen molar-refractivity contribution in [2.24, 2.45) is 0 Å². The Kier molecular flexibility index (Phi) is 5.54. The van der Waals surface area contributed by atoms with Crippen molar-refractivity contribution in [3.05, 3.63) is 23.0 Å². The predicted molar refractivity (Wildman–Crippen MR) is 90.7 cm³/mol. The number of piperidine rings is 1. The second-order valence-corrected chi connectivity index (χ2v) is 7.15. The number of aromatic nitrogens is 1. The highest BCUT2D eigenvalue weighted by atomic mass is 35.5. The Morgan fingerprint density at radius 3 is 2.79 bits per heavy atom. The summed E-state index contributed by atoms with van der Waals surface area (Å²) in [6, 6.07) is 1.40. The third-order valence-electron chi connectivity index (χ3n) is 3.53. The van der Waals surface area contributed by atoms with E-state index in [1.807, 2.05) is 20.8 Å². The van der Waals surface area contributed by atoms with Crippen LogP contribution in [0, 0.1) is 0 Å². The van der Waals surface area contributed by atoms with Crippen LogP contribution >= 0.6 is 11.6 Å². The van der Waals surface area contributed by atoms with Gasteiger partial charge in [0.25, 0.3) is 0 Å². The van der Waals surface area contributed by atoms with E-state index in [2.05, 4.69) is 10.3 Å². The largest absolute Gasteiger partial charge is 0.478 e. The summed E-state index contributed by atoms with van der Waals surface area (Å²) in [5.41, 5.74) is -0.0978. The number of hydrogen-bond acceptors (Lipinski definition) is 5. The fourth-order valence-electron chi connectivity index (χ4n) is 2.53. The lowest BCUT2D eigenvalue weighted by molar-refractivity contribution is 0.0206. The van der Waals surface area contributed by atoms with Gasteiger partial charge in [0, 0.05) is 25.3 Å². The highest BCUT2D eigenvalue weighted by molar-refractivity contribution is 6.29. The summed E-state index contributed by atoms with van der Waals surface area (Å²) in [6.07, 6.45) is 2.48. The Morgan fingerprint density at radius 2 is 2.17 bits per heavy atom. The van der Waals surface area contributed by atoms with Gasteiger partial charge >= 0.3 is 12.1 Å². The van der Waals surface area contributed by atoms with Gasteiger partial charge in [-0.25, -0.2) is 14.6 Å². The molecular formula is C16H22ClN3O4. The molecule has 8 heteroatoms. The summed E-state index contributed by atoms with van der Waals surface area (Å²) < 4.78 is 5.39. The number of carbonyl (C=O) groups excluding carboxylic acids is 1. The van der Waals surface area contributed by atoms with Crippen LogP contribution in [0.4, 0.5) is 10.5 Å². The van der Waals surface area contributed by atoms with Gasteiger partial charge in [0.2, 0.25) is 0 Å². The Bertz CT molecular complexity index is 630. The van der Waals surface area contributed by atoms with Gasteiger partial charge < -0.3 is 20.1 Å². The van der Waals surface area contributed by atoms with Crippen molar-refractivity contribution in [1.29, 1.82) is 0 Å². The first kappa shape index (κ1) is 18.3. The molecule has 0 unspecified atom stereocenters. The lowest BCUT2D eigenvalue weighted by atomic mass is 10.1. The van der Waals surface area contributed by atoms with Gasteiger partial charge in [0.15, 0.2) is 0 Å². The molecule has 1 saturated heterocycles. The normalized spacial score (nSPS) is 18.2. The zero-order valence-corrected chi connectivity index (χ0v) is 14.8. The molecule has 7 nitrogen and oxygen atoms in total. The number of amides is 1. The standard InChI is InChI=1S/C16H22ClN3O4/c1-16(2,3)24-15(23)20-6-4-5-10(9-20)19-12-7-13(17)18-8-11(12)14(21)22/h7-8,10H,4-6,9H2,1-3H3,(H,18,19)(H,21,22)/t10-/m1/s1. The number of anilines is 1. The van der Waals surface area contributed by atoms with E-state index >= 15 is 0 Å². The Balaban J connectivity index is 2.07. The maximum atomic E-state index is 12.2. The van der Waals surface area contributed by atoms with Crippen LogP contribution in [0.15, 0.2) is 12.3 Å². The summed E-state index contributed by atoms with van der Waals surface area (Å²) >= 11 is 5.86. The molecule has 0 saturated carbocycles. The fraction of sp³-hybridized carbons (Fsp3) is 0.562. The van der Waals surface area contributed by atoms with E-state index in [0.29, 0.717) is 18.8 Å². The minimum atomic E-state index is -1.08. The molecule has 1 aliphatic rings. The number of pyridine rings is 1. The summed E-state index contributed by atoms with van der Waals surface area (Å²) in [5.74, 6) is -1.08. The maximum Gasteiger partial charge on any atom is 0.410 e. The lowest BCUT2D eigenvalue weighted by Gasteiger charge is -2.35. The Morgan fingerprint density at radius 1 is 1.46 bits per heavy atom. The molecule has 1 aliphatic heterocycles. The van der Waals surface area contributed by atoms with E-state index < -0.39 is 11.6 Å². The van der Waals surface area contributed by atoms with E-state index in [1.165, 1.54) is 12.3 Å². The van der Waals surface area contributed by atoms with Crippen LogP contribution in [0.1, 0.15) is 44.0 Å². The summed E-state index contributed by atoms with van der Waals surface area (Å²) in [7, 11) is 0. The lowest BCUT2D eigenvalue weighted by Crippen LogP contribution is -2.47. The van der Waals surface area contributed by atoms with Gasteiger partial charge in [-0.1, -0.05) is 11.6 Å². The summed E-state index contributed by atoms with van der Waals surface area (Å²) in [4.78, 5) is 28.9. The van der Waals surface area contributed by atoms with E-state index in [1.54, 1.807) is 4.90 Å². The number of carboxylic acid groups (broad SMARTS) is 1. The average Bonchev–Trinajstić information content (AvgIpc) is 2.45. The molecule has 0 radical (unpaired) electrons. The van der Waals surface area contributed by atoms with E-state index in [0.717, 1.165) is 12.8 Å². The van der Waals surface area contributed by atoms with Crippen molar-refractivity contribution in [3.8, 4) is 0 Å².